The number of anilines is 1. The van der Waals surface area contributed by atoms with Gasteiger partial charge in [-0.2, -0.15) is 0 Å². The zero-order valence-electron chi connectivity index (χ0n) is 14.8. The lowest BCUT2D eigenvalue weighted by Crippen LogP contribution is -2.55. The summed E-state index contributed by atoms with van der Waals surface area (Å²) < 4.78 is 4.80. The Hall–Kier alpha value is -2.54. The van der Waals surface area contributed by atoms with Crippen LogP contribution in [0.4, 0.5) is 10.5 Å². The summed E-state index contributed by atoms with van der Waals surface area (Å²) in [6.45, 7) is 8.63. The van der Waals surface area contributed by atoms with Gasteiger partial charge in [-0.1, -0.05) is 18.2 Å². The van der Waals surface area contributed by atoms with Crippen molar-refractivity contribution in [3.05, 3.63) is 41.4 Å². The summed E-state index contributed by atoms with van der Waals surface area (Å²) in [4.78, 5) is 39.3. The Balaban J connectivity index is 2.09. The van der Waals surface area contributed by atoms with Gasteiger partial charge in [-0.25, -0.2) is 4.79 Å². The zero-order chi connectivity index (χ0) is 19.3. The Morgan fingerprint density at radius 3 is 2.69 bits per heavy atom. The normalized spacial score (nSPS) is 16.8. The van der Waals surface area contributed by atoms with Crippen molar-refractivity contribution in [2.45, 2.75) is 19.9 Å². The molecule has 1 saturated heterocycles. The van der Waals surface area contributed by atoms with Gasteiger partial charge in [0.2, 0.25) is 5.91 Å². The van der Waals surface area contributed by atoms with Gasteiger partial charge in [0.05, 0.1) is 17.2 Å². The number of hydrogen-bond acceptors (Lipinski definition) is 4. The van der Waals surface area contributed by atoms with Gasteiger partial charge >= 0.3 is 6.09 Å². The van der Waals surface area contributed by atoms with Crippen LogP contribution < -0.4 is 5.32 Å². The Labute approximate surface area is 157 Å². The van der Waals surface area contributed by atoms with Crippen molar-refractivity contribution in [2.24, 2.45) is 0 Å². The number of halogens is 1. The zero-order valence-corrected chi connectivity index (χ0v) is 15.6. The molecular formula is C18H22ClN3O4. The van der Waals surface area contributed by atoms with Crippen LogP contribution in [0.1, 0.15) is 24.2 Å². The molecule has 7 nitrogen and oxygen atoms in total. The summed E-state index contributed by atoms with van der Waals surface area (Å²) in [5.41, 5.74) is 0.788. The van der Waals surface area contributed by atoms with Crippen LogP contribution in [0.25, 0.3) is 0 Å². The SMILES string of the molecule is C=CC(=O)N1CCN(C(=O)c2ccc(NC(=O)OCC)cc2Cl)[C@@H](C)C1. The average molecular weight is 380 g/mol. The average Bonchev–Trinajstić information content (AvgIpc) is 2.60. The van der Waals surface area contributed by atoms with Crippen molar-refractivity contribution in [3.63, 3.8) is 0 Å². The highest BCUT2D eigenvalue weighted by atomic mass is 35.5. The van der Waals surface area contributed by atoms with Gasteiger partial charge < -0.3 is 14.5 Å². The summed E-state index contributed by atoms with van der Waals surface area (Å²) in [5.74, 6) is -0.354. The first-order valence-corrected chi connectivity index (χ1v) is 8.70. The molecule has 0 bridgehead atoms. The van der Waals surface area contributed by atoms with Crippen LogP contribution in [0.5, 0.6) is 0 Å². The molecular weight excluding hydrogens is 358 g/mol. The largest absolute Gasteiger partial charge is 0.450 e. The van der Waals surface area contributed by atoms with Crippen LogP contribution in [-0.4, -0.2) is 60.0 Å². The number of ether oxygens (including phenoxy) is 1. The van der Waals surface area contributed by atoms with Gasteiger partial charge in [-0.15, -0.1) is 0 Å². The molecule has 3 amide bonds. The highest BCUT2D eigenvalue weighted by molar-refractivity contribution is 6.34. The number of amides is 3. The first-order chi connectivity index (χ1) is 12.4. The fraction of sp³-hybridized carbons (Fsp3) is 0.389. The predicted octanol–water partition coefficient (Wildman–Crippen LogP) is 2.77. The fourth-order valence-electron chi connectivity index (χ4n) is 2.79. The lowest BCUT2D eigenvalue weighted by molar-refractivity contribution is -0.128. The van der Waals surface area contributed by atoms with E-state index >= 15 is 0 Å². The molecule has 1 heterocycles. The lowest BCUT2D eigenvalue weighted by Gasteiger charge is -2.39. The number of nitrogens with one attached hydrogen (secondary N) is 1. The summed E-state index contributed by atoms with van der Waals surface area (Å²) >= 11 is 6.24. The molecule has 0 saturated carbocycles. The Bertz CT molecular complexity index is 722. The maximum absolute atomic E-state index is 12.8. The van der Waals surface area contributed by atoms with E-state index in [1.807, 2.05) is 6.92 Å². The number of benzene rings is 1. The molecule has 8 heteroatoms. The second-order valence-electron chi connectivity index (χ2n) is 5.88. The fourth-order valence-corrected chi connectivity index (χ4v) is 3.06. The van der Waals surface area contributed by atoms with Gasteiger partial charge in [0.1, 0.15) is 0 Å². The molecule has 1 fully saturated rings. The van der Waals surface area contributed by atoms with Crippen LogP contribution in [-0.2, 0) is 9.53 Å². The molecule has 0 radical (unpaired) electrons. The van der Waals surface area contributed by atoms with Crippen molar-refractivity contribution in [2.75, 3.05) is 31.6 Å². The third kappa shape index (κ3) is 4.54. The van der Waals surface area contributed by atoms with Gasteiger partial charge in [0.25, 0.3) is 5.91 Å². The summed E-state index contributed by atoms with van der Waals surface area (Å²) in [6.07, 6.45) is 0.690. The first kappa shape index (κ1) is 19.8. The molecule has 1 atom stereocenters. The second kappa shape index (κ2) is 8.71. The van der Waals surface area contributed by atoms with Crippen LogP contribution in [0.15, 0.2) is 30.9 Å². The molecule has 0 spiro atoms. The number of rotatable bonds is 4. The van der Waals surface area contributed by atoms with E-state index in [-0.39, 0.29) is 29.5 Å². The van der Waals surface area contributed by atoms with Crippen LogP contribution in [0, 0.1) is 0 Å². The van der Waals surface area contributed by atoms with Crippen LogP contribution >= 0.6 is 11.6 Å². The van der Waals surface area contributed by atoms with Crippen molar-refractivity contribution >= 4 is 35.2 Å². The molecule has 1 aliphatic heterocycles. The van der Waals surface area contributed by atoms with Crippen molar-refractivity contribution in [1.29, 1.82) is 0 Å². The minimum atomic E-state index is -0.584. The molecule has 2 rings (SSSR count). The third-order valence-corrected chi connectivity index (χ3v) is 4.41. The number of piperazine rings is 1. The van der Waals surface area contributed by atoms with E-state index in [1.54, 1.807) is 28.9 Å². The number of nitrogens with zero attached hydrogens (tertiary/aromatic N) is 2. The van der Waals surface area contributed by atoms with E-state index in [1.165, 1.54) is 12.1 Å². The molecule has 1 aromatic carbocycles. The summed E-state index contributed by atoms with van der Waals surface area (Å²) in [7, 11) is 0. The highest BCUT2D eigenvalue weighted by Crippen LogP contribution is 2.24. The molecule has 1 aliphatic rings. The minimum absolute atomic E-state index is 0.142. The van der Waals surface area contributed by atoms with Crippen molar-refractivity contribution in [1.82, 2.24) is 9.80 Å². The van der Waals surface area contributed by atoms with Crippen molar-refractivity contribution in [3.8, 4) is 0 Å². The second-order valence-corrected chi connectivity index (χ2v) is 6.28. The third-order valence-electron chi connectivity index (χ3n) is 4.10. The van der Waals surface area contributed by atoms with E-state index < -0.39 is 6.09 Å². The van der Waals surface area contributed by atoms with Gasteiger partial charge in [-0.05, 0) is 38.1 Å². The molecule has 1 aromatic rings. The molecule has 0 aliphatic carbocycles. The van der Waals surface area contributed by atoms with E-state index in [9.17, 15) is 14.4 Å². The molecule has 26 heavy (non-hydrogen) atoms. The van der Waals surface area contributed by atoms with E-state index in [2.05, 4.69) is 11.9 Å². The van der Waals surface area contributed by atoms with E-state index in [0.717, 1.165) is 0 Å². The topological polar surface area (TPSA) is 79.0 Å². The molecule has 1 N–H and O–H groups in total. The number of hydrogen-bond donors (Lipinski definition) is 1. The summed E-state index contributed by atoms with van der Waals surface area (Å²) in [5, 5.41) is 2.78. The smallest absolute Gasteiger partial charge is 0.411 e. The predicted molar refractivity (Wildman–Crippen MR) is 99.4 cm³/mol. The standard InChI is InChI=1S/C18H22ClN3O4/c1-4-16(23)21-8-9-22(12(3)11-21)17(24)14-7-6-13(10-15(14)19)20-18(25)26-5-2/h4,6-7,10,12H,1,5,8-9,11H2,2-3H3,(H,20,25)/t12-/m0/s1. The highest BCUT2D eigenvalue weighted by Gasteiger charge is 2.30. The lowest BCUT2D eigenvalue weighted by atomic mass is 10.1. The minimum Gasteiger partial charge on any atom is -0.450 e. The monoisotopic (exact) mass is 379 g/mol. The van der Waals surface area contributed by atoms with Crippen LogP contribution in [0.2, 0.25) is 5.02 Å². The Morgan fingerprint density at radius 2 is 2.12 bits per heavy atom. The Kier molecular flexibility index (Phi) is 6.63. The molecule has 0 aromatic heterocycles. The molecule has 140 valence electrons. The maximum Gasteiger partial charge on any atom is 0.411 e. The van der Waals surface area contributed by atoms with E-state index in [0.29, 0.717) is 30.9 Å². The number of carbonyl (C=O) groups excluding carboxylic acids is 3. The quantitative estimate of drug-likeness (QED) is 0.816. The van der Waals surface area contributed by atoms with E-state index in [4.69, 9.17) is 16.3 Å². The summed E-state index contributed by atoms with van der Waals surface area (Å²) in [6, 6.07) is 4.53. The molecule has 0 unspecified atom stereocenters. The van der Waals surface area contributed by atoms with Gasteiger partial charge in [0, 0.05) is 31.4 Å². The van der Waals surface area contributed by atoms with Gasteiger partial charge in [0.15, 0.2) is 0 Å². The number of carbonyl (C=O) groups is 3. The van der Waals surface area contributed by atoms with Gasteiger partial charge in [-0.3, -0.25) is 14.9 Å². The maximum atomic E-state index is 12.8. The first-order valence-electron chi connectivity index (χ1n) is 8.33. The van der Waals surface area contributed by atoms with Crippen LogP contribution in [0.3, 0.4) is 0 Å². The van der Waals surface area contributed by atoms with Crippen molar-refractivity contribution < 1.29 is 19.1 Å². The Morgan fingerprint density at radius 1 is 1.38 bits per heavy atom.